The van der Waals surface area contributed by atoms with Crippen LogP contribution in [0.15, 0.2) is 18.2 Å². The summed E-state index contributed by atoms with van der Waals surface area (Å²) in [5, 5.41) is 3.08. The van der Waals surface area contributed by atoms with E-state index in [0.717, 1.165) is 16.2 Å². The predicted octanol–water partition coefficient (Wildman–Crippen LogP) is 2.04. The number of carbonyl (C=O) groups is 1. The van der Waals surface area contributed by atoms with Crippen LogP contribution in [-0.2, 0) is 6.42 Å². The van der Waals surface area contributed by atoms with Crippen molar-refractivity contribution in [2.45, 2.75) is 6.42 Å². The number of thiocarbonyl (C=S) groups is 1. The Morgan fingerprint density at radius 1 is 1.50 bits per heavy atom. The first-order chi connectivity index (χ1) is 7.56. The molecule has 0 fully saturated rings. The van der Waals surface area contributed by atoms with E-state index in [0.29, 0.717) is 12.2 Å². The van der Waals surface area contributed by atoms with Crippen molar-refractivity contribution in [3.8, 4) is 5.75 Å². The summed E-state index contributed by atoms with van der Waals surface area (Å²) in [5.74, 6) is 0.545. The van der Waals surface area contributed by atoms with Gasteiger partial charge in [-0.3, -0.25) is 0 Å². The highest BCUT2D eigenvalue weighted by Gasteiger charge is 2.16. The van der Waals surface area contributed by atoms with E-state index >= 15 is 0 Å². The van der Waals surface area contributed by atoms with Crippen LogP contribution in [0.2, 0.25) is 0 Å². The summed E-state index contributed by atoms with van der Waals surface area (Å²) in [6.07, 6.45) is 0.325. The van der Waals surface area contributed by atoms with Crippen molar-refractivity contribution in [3.63, 3.8) is 0 Å². The Hall–Kier alpha value is -1.62. The molecule has 0 spiro atoms. The van der Waals surface area contributed by atoms with Crippen molar-refractivity contribution in [1.82, 2.24) is 4.90 Å². The number of hydrogen-bond donors (Lipinski definition) is 1. The fraction of sp³-hybridized carbons (Fsp3) is 0.273. The fourth-order valence-corrected chi connectivity index (χ4v) is 1.73. The summed E-state index contributed by atoms with van der Waals surface area (Å²) >= 11 is 5.07. The minimum atomic E-state index is -0.381. The Kier molecular flexibility index (Phi) is 2.78. The van der Waals surface area contributed by atoms with Crippen LogP contribution in [0.1, 0.15) is 5.56 Å². The van der Waals surface area contributed by atoms with Gasteiger partial charge in [-0.05, 0) is 23.8 Å². The summed E-state index contributed by atoms with van der Waals surface area (Å²) < 4.78 is 5.15. The van der Waals surface area contributed by atoms with Crippen LogP contribution in [0.3, 0.4) is 0 Å². The maximum atomic E-state index is 11.3. The molecule has 0 aliphatic carbocycles. The molecule has 1 amide bonds. The van der Waals surface area contributed by atoms with Crippen molar-refractivity contribution >= 4 is 29.0 Å². The second kappa shape index (κ2) is 4.09. The molecule has 1 aromatic carbocycles. The number of nitrogens with zero attached hydrogens (tertiary/aromatic N) is 1. The molecule has 0 bridgehead atoms. The molecule has 1 aliphatic heterocycles. The molecule has 84 valence electrons. The van der Waals surface area contributed by atoms with E-state index in [-0.39, 0.29) is 6.09 Å². The molecule has 1 N–H and O–H groups in total. The molecule has 1 aliphatic rings. The lowest BCUT2D eigenvalue weighted by atomic mass is 10.1. The van der Waals surface area contributed by atoms with E-state index in [1.54, 1.807) is 20.2 Å². The first kappa shape index (κ1) is 10.9. The highest BCUT2D eigenvalue weighted by molar-refractivity contribution is 7.80. The van der Waals surface area contributed by atoms with Gasteiger partial charge in [0.05, 0.1) is 4.99 Å². The van der Waals surface area contributed by atoms with Crippen LogP contribution in [0.25, 0.3) is 0 Å². The zero-order chi connectivity index (χ0) is 11.7. The van der Waals surface area contributed by atoms with Crippen LogP contribution in [-0.4, -0.2) is 30.1 Å². The van der Waals surface area contributed by atoms with E-state index in [9.17, 15) is 4.79 Å². The van der Waals surface area contributed by atoms with E-state index in [1.165, 1.54) is 4.90 Å². The highest BCUT2D eigenvalue weighted by atomic mass is 32.1. The van der Waals surface area contributed by atoms with Crippen LogP contribution in [0.5, 0.6) is 5.75 Å². The van der Waals surface area contributed by atoms with Gasteiger partial charge in [-0.2, -0.15) is 0 Å². The molecule has 2 rings (SSSR count). The summed E-state index contributed by atoms with van der Waals surface area (Å²) in [6, 6.07) is 5.46. The minimum absolute atomic E-state index is 0.381. The molecule has 0 saturated heterocycles. The third-order valence-corrected chi connectivity index (χ3v) is 2.52. The number of rotatable bonds is 1. The average molecular weight is 236 g/mol. The first-order valence-electron chi connectivity index (χ1n) is 4.88. The van der Waals surface area contributed by atoms with Crippen molar-refractivity contribution in [2.75, 3.05) is 19.4 Å². The Morgan fingerprint density at radius 2 is 2.25 bits per heavy atom. The van der Waals surface area contributed by atoms with Gasteiger partial charge in [0.25, 0.3) is 0 Å². The van der Waals surface area contributed by atoms with Gasteiger partial charge in [-0.25, -0.2) is 4.79 Å². The summed E-state index contributed by atoms with van der Waals surface area (Å²) in [7, 11) is 3.29. The molecule has 0 saturated carbocycles. The number of nitrogens with one attached hydrogen (secondary N) is 1. The summed E-state index contributed by atoms with van der Waals surface area (Å²) in [6.45, 7) is 0. The summed E-state index contributed by atoms with van der Waals surface area (Å²) in [4.78, 5) is 13.5. The number of fused-ring (bicyclic) bond motifs is 1. The lowest BCUT2D eigenvalue weighted by Crippen LogP contribution is -2.25. The molecule has 1 heterocycles. The number of ether oxygens (including phenoxy) is 1. The fourth-order valence-electron chi connectivity index (χ4n) is 1.46. The lowest BCUT2D eigenvalue weighted by Gasteiger charge is -2.11. The maximum Gasteiger partial charge on any atom is 0.414 e. The van der Waals surface area contributed by atoms with Gasteiger partial charge in [0.15, 0.2) is 0 Å². The Bertz CT molecular complexity index is 457. The normalized spacial score (nSPS) is 13.0. The van der Waals surface area contributed by atoms with Gasteiger partial charge in [-0.1, -0.05) is 12.2 Å². The monoisotopic (exact) mass is 236 g/mol. The third-order valence-electron chi connectivity index (χ3n) is 2.27. The molecule has 4 nitrogen and oxygen atoms in total. The smallest absolute Gasteiger partial charge is 0.410 e. The van der Waals surface area contributed by atoms with Crippen molar-refractivity contribution in [3.05, 3.63) is 23.8 Å². The first-order valence-corrected chi connectivity index (χ1v) is 5.29. The Balaban J connectivity index is 2.17. The van der Waals surface area contributed by atoms with Gasteiger partial charge < -0.3 is 15.0 Å². The van der Waals surface area contributed by atoms with E-state index in [2.05, 4.69) is 5.32 Å². The number of carbonyl (C=O) groups excluding carboxylic acids is 1. The standard InChI is InChI=1S/C11H12N2O2S/c1-13(2)11(14)15-8-3-4-9-7(5-8)6-10(16)12-9/h3-5H,6H2,1-2H3,(H,12,16). The van der Waals surface area contributed by atoms with Crippen LogP contribution in [0, 0.1) is 0 Å². The highest BCUT2D eigenvalue weighted by Crippen LogP contribution is 2.27. The number of amides is 1. The largest absolute Gasteiger partial charge is 0.414 e. The van der Waals surface area contributed by atoms with Crippen molar-refractivity contribution in [2.24, 2.45) is 0 Å². The molecule has 0 atom stereocenters. The number of benzene rings is 1. The zero-order valence-corrected chi connectivity index (χ0v) is 9.93. The average Bonchev–Trinajstić information content (AvgIpc) is 2.57. The van der Waals surface area contributed by atoms with Gasteiger partial charge in [0.2, 0.25) is 0 Å². The second-order valence-electron chi connectivity index (χ2n) is 3.81. The molecule has 0 radical (unpaired) electrons. The van der Waals surface area contributed by atoms with Crippen molar-refractivity contribution < 1.29 is 9.53 Å². The number of hydrogen-bond acceptors (Lipinski definition) is 3. The second-order valence-corrected chi connectivity index (χ2v) is 4.30. The Morgan fingerprint density at radius 3 is 2.94 bits per heavy atom. The molecule has 1 aromatic rings. The summed E-state index contributed by atoms with van der Waals surface area (Å²) in [5.41, 5.74) is 2.06. The zero-order valence-electron chi connectivity index (χ0n) is 9.11. The van der Waals surface area contributed by atoms with Gasteiger partial charge in [-0.15, -0.1) is 0 Å². The molecule has 0 aromatic heterocycles. The predicted molar refractivity (Wildman–Crippen MR) is 66.1 cm³/mol. The SMILES string of the molecule is CN(C)C(=O)Oc1ccc2c(c1)CC(=S)N2. The van der Waals surface area contributed by atoms with Gasteiger partial charge in [0, 0.05) is 26.2 Å². The molecule has 0 unspecified atom stereocenters. The molecule has 16 heavy (non-hydrogen) atoms. The Labute approximate surface area is 99.2 Å². The third kappa shape index (κ3) is 2.14. The van der Waals surface area contributed by atoms with E-state index in [1.807, 2.05) is 12.1 Å². The van der Waals surface area contributed by atoms with Crippen LogP contribution in [0.4, 0.5) is 10.5 Å². The minimum Gasteiger partial charge on any atom is -0.410 e. The van der Waals surface area contributed by atoms with Crippen LogP contribution >= 0.6 is 12.2 Å². The molecular formula is C11H12N2O2S. The quantitative estimate of drug-likeness (QED) is 0.758. The topological polar surface area (TPSA) is 41.6 Å². The lowest BCUT2D eigenvalue weighted by molar-refractivity contribution is 0.172. The van der Waals surface area contributed by atoms with Gasteiger partial charge >= 0.3 is 6.09 Å². The maximum absolute atomic E-state index is 11.3. The van der Waals surface area contributed by atoms with Crippen molar-refractivity contribution in [1.29, 1.82) is 0 Å². The molecule has 5 heteroatoms. The molecular weight excluding hydrogens is 224 g/mol. The van der Waals surface area contributed by atoms with E-state index in [4.69, 9.17) is 17.0 Å². The number of anilines is 1. The van der Waals surface area contributed by atoms with Crippen LogP contribution < -0.4 is 10.1 Å². The van der Waals surface area contributed by atoms with E-state index < -0.39 is 0 Å². The van der Waals surface area contributed by atoms with Gasteiger partial charge in [0.1, 0.15) is 5.75 Å².